The van der Waals surface area contributed by atoms with Crippen molar-refractivity contribution >= 4 is 17.8 Å². The van der Waals surface area contributed by atoms with Crippen LogP contribution in [-0.2, 0) is 12.0 Å². The van der Waals surface area contributed by atoms with Crippen molar-refractivity contribution in [2.45, 2.75) is 18.4 Å². The molecular weight excluding hydrogens is 530 g/mol. The fraction of sp³-hybridized carbons (Fsp3) is 0.0811. The second kappa shape index (κ2) is 11.0. The van der Waals surface area contributed by atoms with Gasteiger partial charge >= 0.3 is 0 Å². The van der Waals surface area contributed by atoms with Crippen LogP contribution < -0.4 is 5.73 Å². The van der Waals surface area contributed by atoms with Gasteiger partial charge in [-0.15, -0.1) is 0 Å². The van der Waals surface area contributed by atoms with Crippen LogP contribution in [0.2, 0.25) is 0 Å². The molecule has 7 rings (SSSR count). The molecule has 43 heavy (non-hydrogen) atoms. The minimum atomic E-state index is -0.659. The highest BCUT2D eigenvalue weighted by atomic mass is 16.1. The number of fused-ring (bicyclic) bond motifs is 1. The van der Waals surface area contributed by atoms with E-state index in [0.717, 1.165) is 39.1 Å². The number of anilines is 1. The van der Waals surface area contributed by atoms with Gasteiger partial charge in [0.05, 0.1) is 23.3 Å². The van der Waals surface area contributed by atoms with Crippen LogP contribution in [-0.4, -0.2) is 25.3 Å². The number of carbonyl (C=O) groups excluding carboxylic acids is 1. The molecule has 0 saturated carbocycles. The van der Waals surface area contributed by atoms with Gasteiger partial charge in [-0.2, -0.15) is 0 Å². The molecule has 0 spiro atoms. The highest BCUT2D eigenvalue weighted by Gasteiger charge is 2.38. The zero-order valence-electron chi connectivity index (χ0n) is 23.5. The number of nitrogens with zero attached hydrogens (tertiary/aromatic N) is 4. The molecule has 2 heterocycles. The number of rotatable bonds is 6. The van der Waals surface area contributed by atoms with Crippen molar-refractivity contribution in [1.29, 1.82) is 0 Å². The number of carbonyl (C=O) groups is 1. The van der Waals surface area contributed by atoms with Crippen LogP contribution in [0.3, 0.4) is 0 Å². The summed E-state index contributed by atoms with van der Waals surface area (Å²) in [5.74, 6) is 0.135. The molecule has 2 aromatic heterocycles. The number of nitrogen functional groups attached to an aromatic ring is 1. The molecule has 0 saturated heterocycles. The third kappa shape index (κ3) is 4.63. The molecule has 2 N–H and O–H groups in total. The lowest BCUT2D eigenvalue weighted by Crippen LogP contribution is -2.36. The van der Waals surface area contributed by atoms with Gasteiger partial charge in [0.25, 0.3) is 0 Å². The van der Waals surface area contributed by atoms with Gasteiger partial charge in [-0.3, -0.25) is 4.79 Å². The maximum atomic E-state index is 13.4. The van der Waals surface area contributed by atoms with Crippen LogP contribution >= 0.6 is 0 Å². The third-order valence-electron chi connectivity index (χ3n) is 8.16. The van der Waals surface area contributed by atoms with Gasteiger partial charge in [-0.05, 0) is 41.2 Å². The Hall–Kier alpha value is -5.62. The van der Waals surface area contributed by atoms with Gasteiger partial charge in [0.1, 0.15) is 5.54 Å². The van der Waals surface area contributed by atoms with Gasteiger partial charge in [0, 0.05) is 23.5 Å². The van der Waals surface area contributed by atoms with Crippen LogP contribution in [0.25, 0.3) is 17.3 Å². The van der Waals surface area contributed by atoms with Crippen LogP contribution in [0, 0.1) is 0 Å². The molecule has 6 nitrogen and oxygen atoms in total. The number of hydrogen-bond donors (Lipinski definition) is 1. The topological polar surface area (TPSA) is 86.7 Å². The Morgan fingerprint density at radius 1 is 0.698 bits per heavy atom. The maximum absolute atomic E-state index is 13.4. The smallest absolute Gasteiger partial charge is 0.220 e. The summed E-state index contributed by atoms with van der Waals surface area (Å²) >= 11 is 0. The quantitative estimate of drug-likeness (QED) is 0.176. The van der Waals surface area contributed by atoms with Crippen molar-refractivity contribution in [2.75, 3.05) is 5.73 Å². The van der Waals surface area contributed by atoms with Crippen molar-refractivity contribution in [1.82, 2.24) is 19.5 Å². The zero-order valence-corrected chi connectivity index (χ0v) is 23.5. The monoisotopic (exact) mass is 559 g/mol. The summed E-state index contributed by atoms with van der Waals surface area (Å²) < 4.78 is 2.20. The fourth-order valence-corrected chi connectivity index (χ4v) is 6.16. The molecular formula is C37H29N5O. The zero-order chi connectivity index (χ0) is 29.2. The van der Waals surface area contributed by atoms with Gasteiger partial charge in [-0.25, -0.2) is 15.0 Å². The Kier molecular flexibility index (Phi) is 6.72. The number of aromatic nitrogens is 4. The standard InChI is InChI=1S/C37H29N5O/c38-36-39-23-32-33(41-36)21-20-27(35(32)43)22-26-12-10-11-19-31(26)34-24-42(25-40-34)37(28-13-4-1-5-14-28,29-15-6-2-7-16-29)30-17-8-3-9-18-30/h1-19,22-25H,20-21H2,(H2,38,39,41). The summed E-state index contributed by atoms with van der Waals surface area (Å²) in [5.41, 5.74) is 13.1. The second-order valence-corrected chi connectivity index (χ2v) is 10.6. The summed E-state index contributed by atoms with van der Waals surface area (Å²) in [6.07, 6.45) is 8.77. The number of hydrogen-bond acceptors (Lipinski definition) is 5. The highest BCUT2D eigenvalue weighted by Crippen LogP contribution is 2.41. The van der Waals surface area contributed by atoms with Crippen LogP contribution in [0.5, 0.6) is 0 Å². The first-order chi connectivity index (χ1) is 21.1. The molecule has 0 aliphatic heterocycles. The predicted octanol–water partition coefficient (Wildman–Crippen LogP) is 6.98. The average Bonchev–Trinajstić information content (AvgIpc) is 3.55. The Bertz CT molecular complexity index is 1850. The Labute approximate surface area is 250 Å². The number of benzene rings is 4. The van der Waals surface area contributed by atoms with E-state index in [0.29, 0.717) is 24.1 Å². The Morgan fingerprint density at radius 3 is 1.91 bits per heavy atom. The van der Waals surface area contributed by atoms with Gasteiger partial charge in [-0.1, -0.05) is 115 Å². The third-order valence-corrected chi connectivity index (χ3v) is 8.16. The number of imidazole rings is 1. The van der Waals surface area contributed by atoms with E-state index in [4.69, 9.17) is 10.7 Å². The predicted molar refractivity (Wildman–Crippen MR) is 169 cm³/mol. The number of allylic oxidation sites excluding steroid dienone is 1. The first-order valence-corrected chi connectivity index (χ1v) is 14.3. The molecule has 0 atom stereocenters. The van der Waals surface area contributed by atoms with Crippen LogP contribution in [0.1, 0.15) is 44.7 Å². The van der Waals surface area contributed by atoms with E-state index in [1.165, 1.54) is 6.20 Å². The van der Waals surface area contributed by atoms with E-state index in [9.17, 15) is 4.79 Å². The molecule has 0 radical (unpaired) electrons. The van der Waals surface area contributed by atoms with E-state index < -0.39 is 5.54 Å². The van der Waals surface area contributed by atoms with Crippen molar-refractivity contribution < 1.29 is 4.79 Å². The van der Waals surface area contributed by atoms with E-state index in [1.54, 1.807) is 0 Å². The van der Waals surface area contributed by atoms with Crippen molar-refractivity contribution in [3.63, 3.8) is 0 Å². The molecule has 208 valence electrons. The molecule has 0 fully saturated rings. The molecule has 0 amide bonds. The molecule has 0 unspecified atom stereocenters. The summed E-state index contributed by atoms with van der Waals surface area (Å²) in [7, 11) is 0. The molecule has 0 bridgehead atoms. The summed E-state index contributed by atoms with van der Waals surface area (Å²) in [4.78, 5) is 26.7. The molecule has 1 aliphatic rings. The normalized spacial score (nSPS) is 14.0. The lowest BCUT2D eigenvalue weighted by molar-refractivity contribution is 0.102. The van der Waals surface area contributed by atoms with E-state index >= 15 is 0 Å². The summed E-state index contributed by atoms with van der Waals surface area (Å²) in [6, 6.07) is 39.7. The van der Waals surface area contributed by atoms with Gasteiger partial charge < -0.3 is 10.3 Å². The minimum Gasteiger partial charge on any atom is -0.368 e. The van der Waals surface area contributed by atoms with Gasteiger partial charge in [0.2, 0.25) is 5.95 Å². The Morgan fingerprint density at radius 2 is 1.28 bits per heavy atom. The van der Waals surface area contributed by atoms with Crippen molar-refractivity contribution in [3.05, 3.63) is 173 Å². The minimum absolute atomic E-state index is 0.0576. The fourth-order valence-electron chi connectivity index (χ4n) is 6.16. The number of ketones is 1. The van der Waals surface area contributed by atoms with Crippen molar-refractivity contribution in [3.8, 4) is 11.3 Å². The molecule has 1 aliphatic carbocycles. The van der Waals surface area contributed by atoms with Crippen LogP contribution in [0.15, 0.2) is 140 Å². The lowest BCUT2D eigenvalue weighted by atomic mass is 9.77. The first kappa shape index (κ1) is 26.3. The summed E-state index contributed by atoms with van der Waals surface area (Å²) in [6.45, 7) is 0. The van der Waals surface area contributed by atoms with Crippen molar-refractivity contribution in [2.24, 2.45) is 0 Å². The molecule has 6 heteroatoms. The van der Waals surface area contributed by atoms with Gasteiger partial charge in [0.15, 0.2) is 5.78 Å². The van der Waals surface area contributed by atoms with E-state index in [-0.39, 0.29) is 11.7 Å². The number of aryl methyl sites for hydroxylation is 1. The van der Waals surface area contributed by atoms with E-state index in [1.807, 2.05) is 48.8 Å². The SMILES string of the molecule is Nc1ncc2c(n1)CCC(=Cc1ccccc1-c1cn(C(c3ccccc3)(c3ccccc3)c3ccccc3)cn1)C2=O. The summed E-state index contributed by atoms with van der Waals surface area (Å²) in [5, 5.41) is 0. The van der Waals surface area contributed by atoms with E-state index in [2.05, 4.69) is 99.6 Å². The maximum Gasteiger partial charge on any atom is 0.220 e. The largest absolute Gasteiger partial charge is 0.368 e. The molecule has 4 aromatic carbocycles. The average molecular weight is 560 g/mol. The lowest BCUT2D eigenvalue weighted by Gasteiger charge is -2.37. The number of nitrogens with two attached hydrogens (primary N) is 1. The van der Waals surface area contributed by atoms with Crippen LogP contribution in [0.4, 0.5) is 5.95 Å². The highest BCUT2D eigenvalue weighted by molar-refractivity contribution is 6.13. The second-order valence-electron chi connectivity index (χ2n) is 10.6. The number of Topliss-reactive ketones (excluding diaryl/α,β-unsaturated/α-hetero) is 1. The first-order valence-electron chi connectivity index (χ1n) is 14.3. The Balaban J connectivity index is 1.37. The molecule has 6 aromatic rings.